The first-order valence-electron chi connectivity index (χ1n) is 11.0. The van der Waals surface area contributed by atoms with Crippen molar-refractivity contribution in [3.8, 4) is 17.2 Å². The molecule has 0 aromatic heterocycles. The molecule has 0 spiro atoms. The lowest BCUT2D eigenvalue weighted by Gasteiger charge is -2.25. The van der Waals surface area contributed by atoms with E-state index in [2.05, 4.69) is 0 Å². The Morgan fingerprint density at radius 1 is 1.21 bits per heavy atom. The predicted octanol–water partition coefficient (Wildman–Crippen LogP) is 3.18. The number of aromatic hydroxyl groups is 1. The van der Waals surface area contributed by atoms with Gasteiger partial charge in [-0.3, -0.25) is 9.59 Å². The molecule has 2 aliphatic rings. The first-order chi connectivity index (χ1) is 16.0. The van der Waals surface area contributed by atoms with Crippen molar-refractivity contribution in [1.29, 1.82) is 0 Å². The van der Waals surface area contributed by atoms with Gasteiger partial charge in [0.1, 0.15) is 11.5 Å². The Labute approximate surface area is 192 Å². The van der Waals surface area contributed by atoms with Crippen molar-refractivity contribution >= 4 is 17.4 Å². The van der Waals surface area contributed by atoms with Crippen LogP contribution >= 0.6 is 0 Å². The minimum atomic E-state index is -0.854. The normalized spacial score (nSPS) is 19.3. The maximum atomic E-state index is 13.1. The van der Waals surface area contributed by atoms with Gasteiger partial charge in [-0.15, -0.1) is 0 Å². The number of ether oxygens (including phenoxy) is 3. The lowest BCUT2D eigenvalue weighted by Crippen LogP contribution is -2.32. The highest BCUT2D eigenvalue weighted by Gasteiger charge is 2.46. The predicted molar refractivity (Wildman–Crippen MR) is 120 cm³/mol. The standard InChI is InChI=1S/C25H27NO7/c1-3-32-20-14-16(6-8-18(20)27)22-21(24(29)25(30)26(22)10-12-31-2)23(28)17-7-9-19-15(13-17)5-4-11-33-19/h6-9,13-14,22,27-28H,3-5,10-12H2,1-2H3/b23-21+. The number of hydrogen-bond donors (Lipinski definition) is 2. The molecule has 2 N–H and O–H groups in total. The molecule has 0 radical (unpaired) electrons. The van der Waals surface area contributed by atoms with Crippen molar-refractivity contribution in [1.82, 2.24) is 4.90 Å². The molecule has 1 saturated heterocycles. The molecule has 1 fully saturated rings. The summed E-state index contributed by atoms with van der Waals surface area (Å²) in [6, 6.07) is 9.05. The topological polar surface area (TPSA) is 106 Å². The summed E-state index contributed by atoms with van der Waals surface area (Å²) in [5.74, 6) is -0.797. The fraction of sp³-hybridized carbons (Fsp3) is 0.360. The highest BCUT2D eigenvalue weighted by molar-refractivity contribution is 6.46. The van der Waals surface area contributed by atoms with E-state index < -0.39 is 17.7 Å². The number of aliphatic hydroxyl groups is 1. The van der Waals surface area contributed by atoms with Crippen molar-refractivity contribution in [3.63, 3.8) is 0 Å². The summed E-state index contributed by atoms with van der Waals surface area (Å²) in [6.07, 6.45) is 1.67. The fourth-order valence-electron chi connectivity index (χ4n) is 4.28. The zero-order valence-corrected chi connectivity index (χ0v) is 18.7. The average Bonchev–Trinajstić information content (AvgIpc) is 3.08. The molecular formula is C25H27NO7. The van der Waals surface area contributed by atoms with E-state index in [-0.39, 0.29) is 36.0 Å². The first-order valence-corrected chi connectivity index (χ1v) is 11.0. The Balaban J connectivity index is 1.84. The lowest BCUT2D eigenvalue weighted by molar-refractivity contribution is -0.140. The van der Waals surface area contributed by atoms with Crippen molar-refractivity contribution < 1.29 is 34.0 Å². The maximum Gasteiger partial charge on any atom is 0.295 e. The first kappa shape index (κ1) is 22.7. The van der Waals surface area contributed by atoms with Crippen LogP contribution in [0.25, 0.3) is 5.76 Å². The van der Waals surface area contributed by atoms with Gasteiger partial charge in [0, 0.05) is 19.2 Å². The summed E-state index contributed by atoms with van der Waals surface area (Å²) < 4.78 is 16.3. The van der Waals surface area contributed by atoms with E-state index >= 15 is 0 Å². The number of nitrogens with zero attached hydrogens (tertiary/aromatic N) is 1. The van der Waals surface area contributed by atoms with Crippen LogP contribution < -0.4 is 9.47 Å². The Morgan fingerprint density at radius 2 is 2.03 bits per heavy atom. The molecule has 1 unspecified atom stereocenters. The second-order valence-electron chi connectivity index (χ2n) is 7.92. The molecule has 2 heterocycles. The highest BCUT2D eigenvalue weighted by Crippen LogP contribution is 2.42. The van der Waals surface area contributed by atoms with Crippen molar-refractivity contribution in [2.75, 3.05) is 33.5 Å². The van der Waals surface area contributed by atoms with E-state index in [0.29, 0.717) is 24.3 Å². The molecular weight excluding hydrogens is 426 g/mol. The number of aliphatic hydroxyl groups excluding tert-OH is 1. The van der Waals surface area contributed by atoms with Crippen LogP contribution in [0.1, 0.15) is 36.1 Å². The van der Waals surface area contributed by atoms with Crippen LogP contribution in [0, 0.1) is 0 Å². The van der Waals surface area contributed by atoms with Crippen LogP contribution in [0.3, 0.4) is 0 Å². The lowest BCUT2D eigenvalue weighted by atomic mass is 9.93. The zero-order chi connectivity index (χ0) is 23.5. The smallest absolute Gasteiger partial charge is 0.295 e. The third kappa shape index (κ3) is 4.26. The number of carbonyl (C=O) groups excluding carboxylic acids is 2. The van der Waals surface area contributed by atoms with Crippen LogP contribution in [-0.2, 0) is 20.7 Å². The van der Waals surface area contributed by atoms with Gasteiger partial charge in [0.05, 0.1) is 31.4 Å². The summed E-state index contributed by atoms with van der Waals surface area (Å²) >= 11 is 0. The second kappa shape index (κ2) is 9.54. The number of amides is 1. The largest absolute Gasteiger partial charge is 0.507 e. The molecule has 0 aliphatic carbocycles. The fourth-order valence-corrected chi connectivity index (χ4v) is 4.28. The number of rotatable bonds is 7. The SMILES string of the molecule is CCOc1cc(C2/C(=C(\O)c3ccc4c(c3)CCCO4)C(=O)C(=O)N2CCOC)ccc1O. The minimum Gasteiger partial charge on any atom is -0.507 e. The van der Waals surface area contributed by atoms with E-state index in [1.165, 1.54) is 18.1 Å². The number of aryl methyl sites for hydroxylation is 1. The van der Waals surface area contributed by atoms with Crippen LogP contribution in [0.15, 0.2) is 42.0 Å². The third-order valence-corrected chi connectivity index (χ3v) is 5.86. The number of phenolic OH excluding ortho intramolecular Hbond substituents is 1. The molecule has 4 rings (SSSR count). The Morgan fingerprint density at radius 3 is 2.79 bits per heavy atom. The maximum absolute atomic E-state index is 13.1. The molecule has 0 saturated carbocycles. The van der Waals surface area contributed by atoms with Gasteiger partial charge in [-0.2, -0.15) is 0 Å². The Bertz CT molecular complexity index is 1110. The van der Waals surface area contributed by atoms with Gasteiger partial charge < -0.3 is 29.3 Å². The summed E-state index contributed by atoms with van der Waals surface area (Å²) in [7, 11) is 1.51. The number of methoxy groups -OCH3 is 1. The number of hydrogen-bond acceptors (Lipinski definition) is 7. The van der Waals surface area contributed by atoms with E-state index in [9.17, 15) is 19.8 Å². The summed E-state index contributed by atoms with van der Waals surface area (Å²) in [6.45, 7) is 3.14. The summed E-state index contributed by atoms with van der Waals surface area (Å²) in [4.78, 5) is 27.4. The van der Waals surface area contributed by atoms with Crippen LogP contribution in [0.2, 0.25) is 0 Å². The molecule has 0 bridgehead atoms. The van der Waals surface area contributed by atoms with Crippen LogP contribution in [0.5, 0.6) is 17.2 Å². The molecule has 33 heavy (non-hydrogen) atoms. The molecule has 2 aromatic carbocycles. The van der Waals surface area contributed by atoms with Gasteiger partial charge in [0.2, 0.25) is 0 Å². The van der Waals surface area contributed by atoms with E-state index in [1.807, 2.05) is 0 Å². The third-order valence-electron chi connectivity index (χ3n) is 5.86. The molecule has 2 aliphatic heterocycles. The van der Waals surface area contributed by atoms with Gasteiger partial charge in [0.25, 0.3) is 11.7 Å². The molecule has 8 nitrogen and oxygen atoms in total. The highest BCUT2D eigenvalue weighted by atomic mass is 16.5. The van der Waals surface area contributed by atoms with E-state index in [1.54, 1.807) is 37.3 Å². The summed E-state index contributed by atoms with van der Waals surface area (Å²) in [5.41, 5.74) is 1.91. The minimum absolute atomic E-state index is 0.0130. The van der Waals surface area contributed by atoms with Crippen molar-refractivity contribution in [3.05, 3.63) is 58.7 Å². The summed E-state index contributed by atoms with van der Waals surface area (Å²) in [5, 5.41) is 21.4. The quantitative estimate of drug-likeness (QED) is 0.377. The monoisotopic (exact) mass is 453 g/mol. The number of carbonyl (C=O) groups is 2. The number of Topliss-reactive ketones (excluding diaryl/α,β-unsaturated/α-hetero) is 1. The van der Waals surface area contributed by atoms with Crippen molar-refractivity contribution in [2.45, 2.75) is 25.8 Å². The van der Waals surface area contributed by atoms with Gasteiger partial charge in [-0.1, -0.05) is 6.07 Å². The Kier molecular flexibility index (Phi) is 6.55. The van der Waals surface area contributed by atoms with Gasteiger partial charge in [0.15, 0.2) is 11.5 Å². The van der Waals surface area contributed by atoms with Crippen LogP contribution in [0.4, 0.5) is 0 Å². The number of ketones is 1. The van der Waals surface area contributed by atoms with E-state index in [4.69, 9.17) is 14.2 Å². The van der Waals surface area contributed by atoms with E-state index in [0.717, 1.165) is 24.2 Å². The van der Waals surface area contributed by atoms with Gasteiger partial charge in [-0.05, 0) is 61.2 Å². The number of likely N-dealkylation sites (tertiary alicyclic amines) is 1. The molecule has 1 atom stereocenters. The molecule has 8 heteroatoms. The number of phenols is 1. The molecule has 174 valence electrons. The van der Waals surface area contributed by atoms with Gasteiger partial charge >= 0.3 is 0 Å². The van der Waals surface area contributed by atoms with Crippen LogP contribution in [-0.4, -0.2) is 60.3 Å². The second-order valence-corrected chi connectivity index (χ2v) is 7.92. The molecule has 1 amide bonds. The number of fused-ring (bicyclic) bond motifs is 1. The van der Waals surface area contributed by atoms with Gasteiger partial charge in [-0.25, -0.2) is 0 Å². The average molecular weight is 453 g/mol. The zero-order valence-electron chi connectivity index (χ0n) is 18.7. The number of benzene rings is 2. The Hall–Kier alpha value is -3.52. The van der Waals surface area contributed by atoms with Crippen molar-refractivity contribution in [2.24, 2.45) is 0 Å². The molecule has 2 aromatic rings.